The van der Waals surface area contributed by atoms with E-state index in [9.17, 15) is 13.7 Å². The average molecular weight is 415 g/mol. The number of aromatic nitrogens is 1. The van der Waals surface area contributed by atoms with Crippen LogP contribution in [0.3, 0.4) is 0 Å². The maximum Gasteiger partial charge on any atom is 0.233 e. The van der Waals surface area contributed by atoms with Gasteiger partial charge in [0.15, 0.2) is 0 Å². The minimum Gasteiger partial charge on any atom is -0.355 e. The number of aliphatic hydroxyl groups is 1. The van der Waals surface area contributed by atoms with Crippen molar-refractivity contribution in [3.05, 3.63) is 39.8 Å². The molecule has 0 saturated carbocycles. The first-order valence-electron chi connectivity index (χ1n) is 8.68. The first-order chi connectivity index (χ1) is 12.4. The zero-order valence-corrected chi connectivity index (χ0v) is 18.0. The Morgan fingerprint density at radius 3 is 2.15 bits per heavy atom. The average Bonchev–Trinajstić information content (AvgIpc) is 2.87. The molecule has 0 radical (unpaired) electrons. The fourth-order valence-corrected chi connectivity index (χ4v) is 5.39. The van der Waals surface area contributed by atoms with Crippen LogP contribution in [0.4, 0.5) is 10.1 Å². The number of rotatable bonds is 6. The molecule has 0 aliphatic rings. The molecule has 1 aromatic heterocycles. The minimum absolute atomic E-state index is 0.0153. The summed E-state index contributed by atoms with van der Waals surface area (Å²) in [6.07, 6.45) is -1.51. The van der Waals surface area contributed by atoms with E-state index in [1.165, 1.54) is 23.5 Å². The molecule has 0 fully saturated rings. The van der Waals surface area contributed by atoms with Crippen molar-refractivity contribution in [2.45, 2.75) is 63.9 Å². The Morgan fingerprint density at radius 2 is 1.74 bits per heavy atom. The van der Waals surface area contributed by atoms with Crippen LogP contribution in [0.15, 0.2) is 20.7 Å². The highest BCUT2D eigenvalue weighted by Gasteiger charge is 2.21. The van der Waals surface area contributed by atoms with Crippen LogP contribution in [0.5, 0.6) is 0 Å². The molecule has 0 aliphatic heterocycles. The summed E-state index contributed by atoms with van der Waals surface area (Å²) in [6, 6.07) is 2.87. The molecule has 2 rings (SSSR count). The first kappa shape index (κ1) is 21.7. The van der Waals surface area contributed by atoms with Crippen LogP contribution in [-0.4, -0.2) is 20.7 Å². The molecule has 2 aromatic rings. The van der Waals surface area contributed by atoms with Gasteiger partial charge in [0.05, 0.1) is 10.7 Å². The van der Waals surface area contributed by atoms with Crippen LogP contribution in [0.2, 0.25) is 0 Å². The largest absolute Gasteiger partial charge is 0.355 e. The Morgan fingerprint density at radius 1 is 1.22 bits per heavy atom. The van der Waals surface area contributed by atoms with Crippen LogP contribution in [-0.2, 0) is 9.92 Å². The van der Waals surface area contributed by atoms with Gasteiger partial charge in [0, 0.05) is 5.69 Å². The van der Waals surface area contributed by atoms with Gasteiger partial charge in [-0.15, -0.1) is 11.3 Å². The van der Waals surface area contributed by atoms with E-state index in [4.69, 9.17) is 5.14 Å². The Balaban J connectivity index is 2.47. The second-order valence-electron chi connectivity index (χ2n) is 7.07. The zero-order valence-electron chi connectivity index (χ0n) is 16.4. The SMILES string of the molecule is Cc1nc(C)c(S(N)(=O)=NC(O)Nc2c(C(C)C)cc(F)cc2C(C)C)s1. The Hall–Kier alpha value is -1.55. The molecule has 150 valence electrons. The van der Waals surface area contributed by atoms with Gasteiger partial charge >= 0.3 is 0 Å². The van der Waals surface area contributed by atoms with Gasteiger partial charge in [0.2, 0.25) is 6.35 Å². The molecule has 4 N–H and O–H groups in total. The summed E-state index contributed by atoms with van der Waals surface area (Å²) in [7, 11) is -3.32. The molecule has 0 saturated heterocycles. The lowest BCUT2D eigenvalue weighted by Gasteiger charge is -2.22. The second-order valence-corrected chi connectivity index (χ2v) is 10.3. The van der Waals surface area contributed by atoms with Gasteiger partial charge in [0.1, 0.15) is 19.9 Å². The van der Waals surface area contributed by atoms with Gasteiger partial charge in [-0.2, -0.15) is 4.36 Å². The summed E-state index contributed by atoms with van der Waals surface area (Å²) < 4.78 is 31.1. The number of nitrogens with two attached hydrogens (primary N) is 1. The molecule has 0 bridgehead atoms. The van der Waals surface area contributed by atoms with Crippen molar-refractivity contribution < 1.29 is 13.7 Å². The number of aryl methyl sites for hydroxylation is 2. The van der Waals surface area contributed by atoms with Crippen molar-refractivity contribution in [1.82, 2.24) is 4.98 Å². The number of hydrogen-bond donors (Lipinski definition) is 3. The molecule has 0 aliphatic carbocycles. The van der Waals surface area contributed by atoms with E-state index in [-0.39, 0.29) is 17.7 Å². The van der Waals surface area contributed by atoms with Gasteiger partial charge in [-0.3, -0.25) is 0 Å². The van der Waals surface area contributed by atoms with E-state index >= 15 is 0 Å². The summed E-state index contributed by atoms with van der Waals surface area (Å²) in [6.45, 7) is 11.2. The van der Waals surface area contributed by atoms with Crippen molar-refractivity contribution in [2.24, 2.45) is 9.50 Å². The summed E-state index contributed by atoms with van der Waals surface area (Å²) in [5.74, 6) is -0.305. The van der Waals surface area contributed by atoms with Crippen molar-refractivity contribution >= 4 is 26.9 Å². The number of benzene rings is 1. The number of nitrogens with zero attached hydrogens (tertiary/aromatic N) is 2. The van der Waals surface area contributed by atoms with E-state index in [0.717, 1.165) is 5.01 Å². The number of aliphatic hydroxyl groups excluding tert-OH is 1. The molecule has 2 unspecified atom stereocenters. The van der Waals surface area contributed by atoms with Crippen molar-refractivity contribution in [2.75, 3.05) is 5.32 Å². The van der Waals surface area contributed by atoms with Gasteiger partial charge in [-0.1, -0.05) is 27.7 Å². The normalized spacial score (nSPS) is 15.1. The zero-order chi connectivity index (χ0) is 20.5. The van der Waals surface area contributed by atoms with Crippen LogP contribution in [0, 0.1) is 19.7 Å². The van der Waals surface area contributed by atoms with Crippen LogP contribution in [0.1, 0.15) is 61.4 Å². The smallest absolute Gasteiger partial charge is 0.233 e. The third-order valence-electron chi connectivity index (χ3n) is 4.06. The third kappa shape index (κ3) is 5.04. The Bertz CT molecular complexity index is 918. The predicted octanol–water partition coefficient (Wildman–Crippen LogP) is 4.23. The van der Waals surface area contributed by atoms with Crippen molar-refractivity contribution in [3.8, 4) is 0 Å². The van der Waals surface area contributed by atoms with E-state index in [0.29, 0.717) is 26.7 Å². The second kappa shape index (κ2) is 8.22. The highest BCUT2D eigenvalue weighted by atomic mass is 32.2. The summed E-state index contributed by atoms with van der Waals surface area (Å²) >= 11 is 1.19. The molecule has 0 amide bonds. The molecular weight excluding hydrogens is 387 g/mol. The number of anilines is 1. The van der Waals surface area contributed by atoms with Gasteiger partial charge in [0.25, 0.3) is 0 Å². The molecule has 1 heterocycles. The molecule has 27 heavy (non-hydrogen) atoms. The monoisotopic (exact) mass is 414 g/mol. The van der Waals surface area contributed by atoms with Gasteiger partial charge < -0.3 is 10.4 Å². The first-order valence-corrected chi connectivity index (χ1v) is 11.1. The molecule has 6 nitrogen and oxygen atoms in total. The lowest BCUT2D eigenvalue weighted by Crippen LogP contribution is -2.24. The van der Waals surface area contributed by atoms with Crippen LogP contribution in [0.25, 0.3) is 0 Å². The predicted molar refractivity (Wildman–Crippen MR) is 109 cm³/mol. The summed E-state index contributed by atoms with van der Waals surface area (Å²) in [4.78, 5) is 4.21. The van der Waals surface area contributed by atoms with Crippen LogP contribution >= 0.6 is 11.3 Å². The van der Waals surface area contributed by atoms with Crippen molar-refractivity contribution in [1.29, 1.82) is 0 Å². The highest BCUT2D eigenvalue weighted by Crippen LogP contribution is 2.34. The standard InChI is InChI=1S/C18H27FN4O2S2/c1-9(2)14-7-13(19)8-15(10(3)4)16(14)22-18(24)23-27(20,25)17-11(5)21-12(6)26-17/h7-10,18,22,24H,1-6H3,(H2,20,23,25). The van der Waals surface area contributed by atoms with Crippen LogP contribution < -0.4 is 10.5 Å². The number of hydrogen-bond acceptors (Lipinski definition) is 6. The Kier molecular flexibility index (Phi) is 6.62. The lowest BCUT2D eigenvalue weighted by molar-refractivity contribution is 0.215. The van der Waals surface area contributed by atoms with E-state index in [2.05, 4.69) is 14.7 Å². The maximum atomic E-state index is 14.0. The maximum absolute atomic E-state index is 14.0. The quantitative estimate of drug-likeness (QED) is 0.616. The number of nitrogens with one attached hydrogen (secondary N) is 1. The third-order valence-corrected chi connectivity index (χ3v) is 7.24. The van der Waals surface area contributed by atoms with E-state index in [1.807, 2.05) is 27.7 Å². The fourth-order valence-electron chi connectivity index (χ4n) is 2.86. The lowest BCUT2D eigenvalue weighted by atomic mass is 9.92. The number of halogens is 1. The van der Waals surface area contributed by atoms with E-state index < -0.39 is 16.3 Å². The molecule has 1 aromatic carbocycles. The summed E-state index contributed by atoms with van der Waals surface area (Å²) in [5.41, 5.74) is 2.54. The molecule has 2 atom stereocenters. The topological polar surface area (TPSA) is 101 Å². The molecular formula is C18H27FN4O2S2. The van der Waals surface area contributed by atoms with Crippen molar-refractivity contribution in [3.63, 3.8) is 0 Å². The molecule has 9 heteroatoms. The fraction of sp³-hybridized carbons (Fsp3) is 0.500. The minimum atomic E-state index is -3.32. The number of thiazole rings is 1. The molecule has 0 spiro atoms. The highest BCUT2D eigenvalue weighted by molar-refractivity contribution is 7.93. The summed E-state index contributed by atoms with van der Waals surface area (Å²) in [5, 5.41) is 19.9. The van der Waals surface area contributed by atoms with E-state index in [1.54, 1.807) is 13.8 Å². The van der Waals surface area contributed by atoms with Gasteiger partial charge in [-0.25, -0.2) is 18.7 Å². The Labute approximate surface area is 164 Å². The van der Waals surface area contributed by atoms with Gasteiger partial charge in [-0.05, 0) is 48.9 Å².